The van der Waals surface area contributed by atoms with Crippen molar-refractivity contribution in [3.63, 3.8) is 0 Å². The highest BCUT2D eigenvalue weighted by molar-refractivity contribution is 6.06. The number of anilines is 1. The molecule has 8 heteroatoms. The van der Waals surface area contributed by atoms with Crippen molar-refractivity contribution < 1.29 is 24.6 Å². The topological polar surface area (TPSA) is 91.0 Å². The summed E-state index contributed by atoms with van der Waals surface area (Å²) in [5.74, 6) is -2.11. The molecule has 2 saturated heterocycles. The Bertz CT molecular complexity index is 1270. The molecule has 0 bridgehead atoms. The van der Waals surface area contributed by atoms with Gasteiger partial charge in [0.05, 0.1) is 18.7 Å². The second-order valence-electron chi connectivity index (χ2n) is 8.38. The Kier molecular flexibility index (Phi) is 4.88. The predicted octanol–water partition coefficient (Wildman–Crippen LogP) is 1.89. The number of ether oxygens (including phenoxy) is 1. The summed E-state index contributed by atoms with van der Waals surface area (Å²) in [5, 5.41) is 5.28. The molecule has 0 aromatic heterocycles. The maximum atomic E-state index is 13.3. The third-order valence-electron chi connectivity index (χ3n) is 6.19. The number of piperidine rings is 1. The molecule has 0 aliphatic carbocycles. The Morgan fingerprint density at radius 3 is 2.64 bits per heavy atom. The zero-order valence-corrected chi connectivity index (χ0v) is 18.2. The molecule has 3 heterocycles. The van der Waals surface area contributed by atoms with Crippen LogP contribution in [0.3, 0.4) is 0 Å². The van der Waals surface area contributed by atoms with Gasteiger partial charge in [0.1, 0.15) is 6.02 Å². The number of nitrogens with one attached hydrogen (secondary N) is 2. The minimum Gasteiger partial charge on any atom is -0.381 e. The van der Waals surface area contributed by atoms with Gasteiger partial charge in [-0.25, -0.2) is 0 Å². The maximum absolute atomic E-state index is 13.3. The Hall–Kier alpha value is -3.23. The van der Waals surface area contributed by atoms with Crippen molar-refractivity contribution in [1.29, 1.82) is 0 Å². The zero-order chi connectivity index (χ0) is 26.3. The lowest BCUT2D eigenvalue weighted by molar-refractivity contribution is -0.136. The van der Waals surface area contributed by atoms with Crippen molar-refractivity contribution in [2.24, 2.45) is 0 Å². The SMILES string of the molecule is [2H]c1c([2H])c(NCc2ccc(CN3CCOCC3)cc2)c2c(c1[2H])C(=O)N([C@@]1([2H])CCC(=O)NC1=O)C2. The summed E-state index contributed by atoms with van der Waals surface area (Å²) < 4.78 is 39.1. The molecule has 5 rings (SSSR count). The number of amides is 3. The van der Waals surface area contributed by atoms with E-state index < -0.39 is 35.8 Å². The number of benzene rings is 2. The van der Waals surface area contributed by atoms with Crippen molar-refractivity contribution in [3.05, 3.63) is 64.6 Å². The molecule has 3 aliphatic rings. The zero-order valence-electron chi connectivity index (χ0n) is 22.2. The number of carbonyl (C=O) groups excluding carboxylic acids is 3. The number of morpholine rings is 1. The average molecular weight is 453 g/mol. The van der Waals surface area contributed by atoms with E-state index in [2.05, 4.69) is 15.5 Å². The van der Waals surface area contributed by atoms with Gasteiger partial charge in [0.2, 0.25) is 11.8 Å². The van der Waals surface area contributed by atoms with Crippen LogP contribution in [0.2, 0.25) is 0 Å². The summed E-state index contributed by atoms with van der Waals surface area (Å²) in [5.41, 5.74) is 2.58. The Morgan fingerprint density at radius 2 is 1.88 bits per heavy atom. The van der Waals surface area contributed by atoms with Gasteiger partial charge in [-0.05, 0) is 29.6 Å². The number of hydrogen-bond donors (Lipinski definition) is 2. The standard InChI is InChI=1S/C25H28N4O4/c30-23-9-8-22(24(31)27-23)29-16-20-19(25(29)32)2-1-3-21(20)26-14-17-4-6-18(7-5-17)15-28-10-12-33-13-11-28/h1-7,22,26H,8-16H2,(H,27,30,31)/t22-/m0/s1/i1D,2D,3D,22D. The largest absolute Gasteiger partial charge is 0.381 e. The first-order chi connectivity index (χ1) is 17.7. The van der Waals surface area contributed by atoms with E-state index in [4.69, 9.17) is 10.2 Å². The van der Waals surface area contributed by atoms with Crippen LogP contribution in [0.1, 0.15) is 45.4 Å². The van der Waals surface area contributed by atoms with E-state index in [0.29, 0.717) is 12.1 Å². The highest BCUT2D eigenvalue weighted by Gasteiger charge is 2.39. The summed E-state index contributed by atoms with van der Waals surface area (Å²) in [4.78, 5) is 40.8. The number of fused-ring (bicyclic) bond motifs is 1. The number of carbonyl (C=O) groups is 3. The second kappa shape index (κ2) is 9.33. The third kappa shape index (κ3) is 4.62. The third-order valence-corrected chi connectivity index (χ3v) is 6.19. The quantitative estimate of drug-likeness (QED) is 0.651. The molecule has 2 fully saturated rings. The van der Waals surface area contributed by atoms with Gasteiger partial charge in [0.25, 0.3) is 5.91 Å². The summed E-state index contributed by atoms with van der Waals surface area (Å²) in [6.45, 7) is 4.26. The smallest absolute Gasteiger partial charge is 0.255 e. The molecule has 0 spiro atoms. The van der Waals surface area contributed by atoms with Gasteiger partial charge in [-0.15, -0.1) is 0 Å². The Morgan fingerprint density at radius 1 is 1.12 bits per heavy atom. The van der Waals surface area contributed by atoms with Gasteiger partial charge >= 0.3 is 0 Å². The van der Waals surface area contributed by atoms with Gasteiger partial charge in [-0.3, -0.25) is 24.6 Å². The Labute approximate surface area is 198 Å². The van der Waals surface area contributed by atoms with Crippen molar-refractivity contribution in [3.8, 4) is 0 Å². The molecule has 33 heavy (non-hydrogen) atoms. The van der Waals surface area contributed by atoms with Crippen LogP contribution < -0.4 is 10.6 Å². The minimum absolute atomic E-state index is 0.0802. The molecule has 0 unspecified atom stereocenters. The lowest BCUT2D eigenvalue weighted by Crippen LogP contribution is -2.52. The van der Waals surface area contributed by atoms with E-state index in [1.165, 1.54) is 5.56 Å². The monoisotopic (exact) mass is 452 g/mol. The molecule has 2 aromatic rings. The first-order valence-electron chi connectivity index (χ1n) is 13.1. The van der Waals surface area contributed by atoms with Gasteiger partial charge in [-0.2, -0.15) is 0 Å². The molecular formula is C25H28N4O4. The highest BCUT2D eigenvalue weighted by Crippen LogP contribution is 2.32. The number of nitrogens with zero attached hydrogens (tertiary/aromatic N) is 2. The molecule has 2 N–H and O–H groups in total. The molecule has 8 nitrogen and oxygen atoms in total. The van der Waals surface area contributed by atoms with E-state index in [9.17, 15) is 14.4 Å². The van der Waals surface area contributed by atoms with Crippen LogP contribution in [0.25, 0.3) is 0 Å². The minimum atomic E-state index is -2.01. The fraction of sp³-hybridized carbons (Fsp3) is 0.400. The second-order valence-corrected chi connectivity index (χ2v) is 8.38. The maximum Gasteiger partial charge on any atom is 0.255 e. The first-order valence-corrected chi connectivity index (χ1v) is 11.1. The lowest BCUT2D eigenvalue weighted by Gasteiger charge is -2.29. The van der Waals surface area contributed by atoms with Gasteiger partial charge in [0, 0.05) is 56.0 Å². The first kappa shape index (κ1) is 17.3. The van der Waals surface area contributed by atoms with E-state index >= 15 is 0 Å². The normalized spacial score (nSPS) is 25.1. The molecule has 0 saturated carbocycles. The van der Waals surface area contributed by atoms with Crippen molar-refractivity contribution >= 4 is 23.4 Å². The molecule has 0 radical (unpaired) electrons. The Balaban J connectivity index is 1.36. The van der Waals surface area contributed by atoms with E-state index in [-0.39, 0.29) is 36.7 Å². The van der Waals surface area contributed by atoms with Crippen LogP contribution in [-0.4, -0.2) is 59.8 Å². The average Bonchev–Trinajstić information content (AvgIpc) is 3.24. The fourth-order valence-electron chi connectivity index (χ4n) is 4.34. The number of imide groups is 1. The van der Waals surface area contributed by atoms with Crippen LogP contribution >= 0.6 is 0 Å². The fourth-order valence-corrected chi connectivity index (χ4v) is 4.34. The van der Waals surface area contributed by atoms with Gasteiger partial charge < -0.3 is 15.0 Å². The van der Waals surface area contributed by atoms with Crippen molar-refractivity contribution in [1.82, 2.24) is 15.1 Å². The highest BCUT2D eigenvalue weighted by atomic mass is 16.5. The van der Waals surface area contributed by atoms with E-state index in [1.54, 1.807) is 0 Å². The molecule has 3 amide bonds. The predicted molar refractivity (Wildman–Crippen MR) is 122 cm³/mol. The van der Waals surface area contributed by atoms with Crippen LogP contribution in [0.15, 0.2) is 42.4 Å². The van der Waals surface area contributed by atoms with E-state index in [1.807, 2.05) is 24.3 Å². The molecular weight excluding hydrogens is 420 g/mol. The number of rotatable bonds is 6. The van der Waals surface area contributed by atoms with Crippen molar-refractivity contribution in [2.75, 3.05) is 31.6 Å². The van der Waals surface area contributed by atoms with Crippen molar-refractivity contribution in [2.45, 2.75) is 38.5 Å². The van der Waals surface area contributed by atoms with E-state index in [0.717, 1.165) is 43.3 Å². The summed E-state index contributed by atoms with van der Waals surface area (Å²) >= 11 is 0. The molecule has 1 atom stereocenters. The number of hydrogen-bond acceptors (Lipinski definition) is 6. The van der Waals surface area contributed by atoms with Crippen LogP contribution in [-0.2, 0) is 34.0 Å². The van der Waals surface area contributed by atoms with Crippen LogP contribution in [0, 0.1) is 0 Å². The summed E-state index contributed by atoms with van der Waals surface area (Å²) in [6.07, 6.45) is -0.241. The molecule has 172 valence electrons. The van der Waals surface area contributed by atoms with Gasteiger partial charge in [0.15, 0.2) is 0 Å². The van der Waals surface area contributed by atoms with Gasteiger partial charge in [-0.1, -0.05) is 30.3 Å². The summed E-state index contributed by atoms with van der Waals surface area (Å²) in [7, 11) is 0. The summed E-state index contributed by atoms with van der Waals surface area (Å²) in [6, 6.07) is 5.01. The lowest BCUT2D eigenvalue weighted by atomic mass is 10.0. The van der Waals surface area contributed by atoms with Crippen LogP contribution in [0.4, 0.5) is 5.69 Å². The molecule has 2 aromatic carbocycles. The molecule has 3 aliphatic heterocycles. The van der Waals surface area contributed by atoms with Crippen LogP contribution in [0.5, 0.6) is 0 Å².